The molecule has 3 N–H and O–H groups in total. The van der Waals surface area contributed by atoms with E-state index in [1.807, 2.05) is 13.8 Å². The summed E-state index contributed by atoms with van der Waals surface area (Å²) < 4.78 is 49.9. The maximum absolute atomic E-state index is 12.5. The van der Waals surface area contributed by atoms with Gasteiger partial charge in [-0.2, -0.15) is 0 Å². The van der Waals surface area contributed by atoms with E-state index in [1.165, 1.54) is 12.1 Å². The minimum absolute atomic E-state index is 0.129. The smallest absolute Gasteiger partial charge is 0.261 e. The predicted molar refractivity (Wildman–Crippen MR) is 102 cm³/mol. The second kappa shape index (κ2) is 8.07. The van der Waals surface area contributed by atoms with Gasteiger partial charge in [0.25, 0.3) is 15.9 Å². The van der Waals surface area contributed by atoms with E-state index in [9.17, 15) is 21.6 Å². The maximum Gasteiger partial charge on any atom is 0.261 e. The van der Waals surface area contributed by atoms with Crippen LogP contribution in [0.1, 0.15) is 24.2 Å². The van der Waals surface area contributed by atoms with Crippen LogP contribution in [-0.2, 0) is 20.0 Å². The minimum atomic E-state index is -3.96. The van der Waals surface area contributed by atoms with Gasteiger partial charge in [0.15, 0.2) is 0 Å². The molecule has 0 aliphatic heterocycles. The Hall–Kier alpha value is -2.43. The highest BCUT2D eigenvalue weighted by molar-refractivity contribution is 7.92. The van der Waals surface area contributed by atoms with Crippen molar-refractivity contribution in [2.75, 3.05) is 17.8 Å². The molecule has 2 rings (SSSR count). The molecule has 10 heteroatoms. The molecule has 8 nitrogen and oxygen atoms in total. The molecule has 0 aromatic heterocycles. The maximum atomic E-state index is 12.5. The number of amides is 1. The van der Waals surface area contributed by atoms with Crippen molar-refractivity contribution >= 4 is 31.6 Å². The summed E-state index contributed by atoms with van der Waals surface area (Å²) in [5, 5.41) is 5.00. The molecule has 0 unspecified atom stereocenters. The first kappa shape index (κ1) is 20.9. The van der Waals surface area contributed by atoms with Gasteiger partial charge in [-0.1, -0.05) is 6.07 Å². The molecule has 0 aliphatic carbocycles. The number of primary sulfonamides is 1. The number of sulfonamides is 2. The predicted octanol–water partition coefficient (Wildman–Crippen LogP) is 1.62. The lowest BCUT2D eigenvalue weighted by molar-refractivity contribution is 0.0773. The van der Waals surface area contributed by atoms with Gasteiger partial charge in [0.2, 0.25) is 10.0 Å². The molecule has 0 fully saturated rings. The SMILES string of the molecule is CCN(CC)C(=O)c1cccc(NS(=O)(=O)c2ccc(S(N)(=O)=O)cc2)c1. The summed E-state index contributed by atoms with van der Waals surface area (Å²) in [7, 11) is -7.87. The lowest BCUT2D eigenvalue weighted by Crippen LogP contribution is -2.30. The Morgan fingerprint density at radius 1 is 0.963 bits per heavy atom. The molecule has 0 atom stereocenters. The van der Waals surface area contributed by atoms with Crippen LogP contribution in [-0.4, -0.2) is 40.7 Å². The molecule has 2 aromatic rings. The summed E-state index contributed by atoms with van der Waals surface area (Å²) >= 11 is 0. The fourth-order valence-corrected chi connectivity index (χ4v) is 4.00. The highest BCUT2D eigenvalue weighted by atomic mass is 32.2. The third kappa shape index (κ3) is 5.06. The summed E-state index contributed by atoms with van der Waals surface area (Å²) in [4.78, 5) is 13.7. The van der Waals surface area contributed by atoms with Crippen LogP contribution in [0.3, 0.4) is 0 Å². The lowest BCUT2D eigenvalue weighted by atomic mass is 10.2. The fraction of sp³-hybridized carbons (Fsp3) is 0.235. The van der Waals surface area contributed by atoms with Crippen LogP contribution in [0.5, 0.6) is 0 Å². The van der Waals surface area contributed by atoms with Crippen LogP contribution in [0, 0.1) is 0 Å². The van der Waals surface area contributed by atoms with Gasteiger partial charge in [0.1, 0.15) is 0 Å². The van der Waals surface area contributed by atoms with Gasteiger partial charge in [0.05, 0.1) is 9.79 Å². The Labute approximate surface area is 159 Å². The summed E-state index contributed by atoms with van der Waals surface area (Å²) in [6, 6.07) is 10.7. The molecule has 0 heterocycles. The standard InChI is InChI=1S/C17H21N3O5S2/c1-3-20(4-2)17(21)13-6-5-7-14(12-13)19-27(24,25)16-10-8-15(9-11-16)26(18,22)23/h5-12,19H,3-4H2,1-2H3,(H2,18,22,23). The van der Waals surface area contributed by atoms with Crippen molar-refractivity contribution in [2.24, 2.45) is 5.14 Å². The van der Waals surface area contributed by atoms with E-state index >= 15 is 0 Å². The van der Waals surface area contributed by atoms with Crippen molar-refractivity contribution in [3.63, 3.8) is 0 Å². The Morgan fingerprint density at radius 2 is 1.52 bits per heavy atom. The van der Waals surface area contributed by atoms with Crippen LogP contribution >= 0.6 is 0 Å². The molecule has 0 radical (unpaired) electrons. The van der Waals surface area contributed by atoms with Crippen molar-refractivity contribution in [3.05, 3.63) is 54.1 Å². The summed E-state index contributed by atoms with van der Waals surface area (Å²) in [6.07, 6.45) is 0. The van der Waals surface area contributed by atoms with Crippen molar-refractivity contribution in [3.8, 4) is 0 Å². The number of rotatable bonds is 7. The number of nitrogens with one attached hydrogen (secondary N) is 1. The van der Waals surface area contributed by atoms with E-state index in [0.29, 0.717) is 18.7 Å². The Kier molecular flexibility index (Phi) is 6.24. The Bertz CT molecular complexity index is 1030. The quantitative estimate of drug-likeness (QED) is 0.716. The summed E-state index contributed by atoms with van der Waals surface area (Å²) in [5.41, 5.74) is 0.590. The van der Waals surface area contributed by atoms with Gasteiger partial charge < -0.3 is 4.90 Å². The van der Waals surface area contributed by atoms with Crippen molar-refractivity contribution in [1.29, 1.82) is 0 Å². The minimum Gasteiger partial charge on any atom is -0.339 e. The zero-order valence-corrected chi connectivity index (χ0v) is 16.5. The van der Waals surface area contributed by atoms with Gasteiger partial charge in [-0.15, -0.1) is 0 Å². The van der Waals surface area contributed by atoms with E-state index in [2.05, 4.69) is 4.72 Å². The highest BCUT2D eigenvalue weighted by Crippen LogP contribution is 2.19. The van der Waals surface area contributed by atoms with Crippen molar-refractivity contribution in [1.82, 2.24) is 4.90 Å². The molecule has 0 saturated heterocycles. The first-order valence-corrected chi connectivity index (χ1v) is 11.2. The molecular weight excluding hydrogens is 390 g/mol. The first-order chi connectivity index (χ1) is 12.6. The molecule has 146 valence electrons. The molecule has 1 amide bonds. The molecule has 27 heavy (non-hydrogen) atoms. The first-order valence-electron chi connectivity index (χ1n) is 8.13. The number of hydrogen-bond acceptors (Lipinski definition) is 5. The largest absolute Gasteiger partial charge is 0.339 e. The van der Waals surface area contributed by atoms with Gasteiger partial charge in [0, 0.05) is 24.3 Å². The van der Waals surface area contributed by atoms with Crippen LogP contribution < -0.4 is 9.86 Å². The molecule has 0 spiro atoms. The van der Waals surface area contributed by atoms with Gasteiger partial charge >= 0.3 is 0 Å². The van der Waals surface area contributed by atoms with Gasteiger partial charge in [-0.25, -0.2) is 22.0 Å². The molecule has 0 saturated carbocycles. The van der Waals surface area contributed by atoms with Crippen LogP contribution in [0.4, 0.5) is 5.69 Å². The van der Waals surface area contributed by atoms with Crippen LogP contribution in [0.15, 0.2) is 58.3 Å². The number of hydrogen-bond donors (Lipinski definition) is 2. The summed E-state index contributed by atoms with van der Waals surface area (Å²) in [5.74, 6) is -0.196. The summed E-state index contributed by atoms with van der Waals surface area (Å²) in [6.45, 7) is 4.81. The highest BCUT2D eigenvalue weighted by Gasteiger charge is 2.18. The van der Waals surface area contributed by atoms with Gasteiger partial charge in [-0.05, 0) is 56.3 Å². The van der Waals surface area contributed by atoms with E-state index in [4.69, 9.17) is 5.14 Å². The average molecular weight is 412 g/mol. The average Bonchev–Trinajstić information content (AvgIpc) is 2.62. The normalized spacial score (nSPS) is 11.8. The fourth-order valence-electron chi connectivity index (χ4n) is 2.43. The number of carbonyl (C=O) groups excluding carboxylic acids is 1. The zero-order chi connectivity index (χ0) is 20.2. The Morgan fingerprint density at radius 3 is 2.04 bits per heavy atom. The van der Waals surface area contributed by atoms with E-state index < -0.39 is 20.0 Å². The molecular formula is C17H21N3O5S2. The monoisotopic (exact) mass is 411 g/mol. The number of carbonyl (C=O) groups is 1. The second-order valence-electron chi connectivity index (χ2n) is 5.68. The number of nitrogens with zero attached hydrogens (tertiary/aromatic N) is 1. The van der Waals surface area contributed by atoms with E-state index in [0.717, 1.165) is 24.3 Å². The number of benzene rings is 2. The molecule has 2 aromatic carbocycles. The third-order valence-electron chi connectivity index (χ3n) is 3.87. The van der Waals surface area contributed by atoms with Crippen LogP contribution in [0.25, 0.3) is 0 Å². The Balaban J connectivity index is 2.28. The van der Waals surface area contributed by atoms with Crippen molar-refractivity contribution < 1.29 is 21.6 Å². The van der Waals surface area contributed by atoms with E-state index in [-0.39, 0.29) is 21.4 Å². The van der Waals surface area contributed by atoms with Gasteiger partial charge in [-0.3, -0.25) is 9.52 Å². The number of anilines is 1. The van der Waals surface area contributed by atoms with Crippen molar-refractivity contribution in [2.45, 2.75) is 23.6 Å². The van der Waals surface area contributed by atoms with E-state index in [1.54, 1.807) is 17.0 Å². The molecule has 0 bridgehead atoms. The lowest BCUT2D eigenvalue weighted by Gasteiger charge is -2.19. The third-order valence-corrected chi connectivity index (χ3v) is 6.20. The topological polar surface area (TPSA) is 127 Å². The molecule has 0 aliphatic rings. The van der Waals surface area contributed by atoms with Crippen LogP contribution in [0.2, 0.25) is 0 Å². The second-order valence-corrected chi connectivity index (χ2v) is 8.92. The number of nitrogens with two attached hydrogens (primary N) is 1. The zero-order valence-electron chi connectivity index (χ0n) is 14.9.